The maximum Gasteiger partial charge on any atom is 0.350 e. The molecule has 0 atom stereocenters. The van der Waals surface area contributed by atoms with Crippen molar-refractivity contribution in [3.05, 3.63) is 33.7 Å². The van der Waals surface area contributed by atoms with Crippen LogP contribution in [-0.2, 0) is 4.74 Å². The highest BCUT2D eigenvalue weighted by molar-refractivity contribution is 7.17. The quantitative estimate of drug-likeness (QED) is 0.493. The molecule has 0 saturated carbocycles. The Morgan fingerprint density at radius 1 is 1.23 bits per heavy atom. The van der Waals surface area contributed by atoms with Gasteiger partial charge in [-0.1, -0.05) is 31.1 Å². The lowest BCUT2D eigenvalue weighted by Gasteiger charge is -2.19. The summed E-state index contributed by atoms with van der Waals surface area (Å²) in [7, 11) is 0. The molecule has 0 fully saturated rings. The second-order valence-corrected chi connectivity index (χ2v) is 7.10. The molecule has 2 aromatic rings. The highest BCUT2D eigenvalue weighted by Gasteiger charge is 2.26. The summed E-state index contributed by atoms with van der Waals surface area (Å²) in [5, 5.41) is 0.518. The summed E-state index contributed by atoms with van der Waals surface area (Å²) in [6.45, 7) is 10.1. The molecule has 0 N–H and O–H groups in total. The van der Waals surface area contributed by atoms with Crippen molar-refractivity contribution in [3.8, 4) is 0 Å². The predicted molar refractivity (Wildman–Crippen MR) is 102 cm³/mol. The average molecular weight is 378 g/mol. The first kappa shape index (κ1) is 20.2. The first-order valence-corrected chi connectivity index (χ1v) is 9.74. The molecule has 1 amide bonds. The molecule has 2 aromatic heterocycles. The fourth-order valence-corrected chi connectivity index (χ4v) is 3.66. The summed E-state index contributed by atoms with van der Waals surface area (Å²) in [5.74, 6) is 0.735. The van der Waals surface area contributed by atoms with Gasteiger partial charge in [0.05, 0.1) is 17.9 Å². The van der Waals surface area contributed by atoms with Crippen LogP contribution in [0, 0.1) is 20.8 Å². The molecule has 0 aliphatic rings. The number of hydrogen-bond acceptors (Lipinski definition) is 6. The number of rotatable bonds is 8. The van der Waals surface area contributed by atoms with Gasteiger partial charge in [0.2, 0.25) is 0 Å². The Hall–Kier alpha value is -2.15. The fraction of sp³-hybridized carbons (Fsp3) is 0.526. The van der Waals surface area contributed by atoms with Gasteiger partial charge in [-0.25, -0.2) is 9.78 Å². The van der Waals surface area contributed by atoms with Crippen molar-refractivity contribution < 1.29 is 18.7 Å². The van der Waals surface area contributed by atoms with Crippen molar-refractivity contribution in [2.24, 2.45) is 0 Å². The maximum absolute atomic E-state index is 13.1. The Bertz CT molecular complexity index is 779. The summed E-state index contributed by atoms with van der Waals surface area (Å²) >= 11 is 1.20. The van der Waals surface area contributed by atoms with Crippen molar-refractivity contribution in [2.45, 2.75) is 53.9 Å². The van der Waals surface area contributed by atoms with Crippen LogP contribution in [0.4, 0.5) is 5.13 Å². The Morgan fingerprint density at radius 3 is 2.54 bits per heavy atom. The highest BCUT2D eigenvalue weighted by Crippen LogP contribution is 2.29. The zero-order valence-electron chi connectivity index (χ0n) is 16.0. The van der Waals surface area contributed by atoms with Crippen LogP contribution in [-0.4, -0.2) is 30.0 Å². The van der Waals surface area contributed by atoms with E-state index in [-0.39, 0.29) is 5.91 Å². The molecule has 7 heteroatoms. The van der Waals surface area contributed by atoms with E-state index in [1.165, 1.54) is 11.3 Å². The largest absolute Gasteiger partial charge is 0.466 e. The van der Waals surface area contributed by atoms with Crippen LogP contribution in [0.15, 0.2) is 10.5 Å². The molecule has 0 unspecified atom stereocenters. The van der Waals surface area contributed by atoms with Gasteiger partial charge >= 0.3 is 5.97 Å². The van der Waals surface area contributed by atoms with E-state index in [0.717, 1.165) is 19.3 Å². The maximum atomic E-state index is 13.1. The number of nitrogens with zero attached hydrogens (tertiary/aromatic N) is 2. The van der Waals surface area contributed by atoms with Crippen LogP contribution in [0.2, 0.25) is 0 Å². The summed E-state index contributed by atoms with van der Waals surface area (Å²) in [5.41, 5.74) is 1.11. The smallest absolute Gasteiger partial charge is 0.350 e. The van der Waals surface area contributed by atoms with E-state index in [4.69, 9.17) is 9.15 Å². The monoisotopic (exact) mass is 378 g/mol. The average Bonchev–Trinajstić information content (AvgIpc) is 3.13. The van der Waals surface area contributed by atoms with Crippen LogP contribution < -0.4 is 4.90 Å². The van der Waals surface area contributed by atoms with Crippen LogP contribution in [0.3, 0.4) is 0 Å². The molecular weight excluding hydrogens is 352 g/mol. The third-order valence-corrected chi connectivity index (χ3v) is 5.14. The number of carbonyl (C=O) groups excluding carboxylic acids is 2. The van der Waals surface area contributed by atoms with Crippen LogP contribution in [0.5, 0.6) is 0 Å². The SMILES string of the molecule is CCCCCN(C(=O)c1cc(C)oc1C)c1nc(C)c(C(=O)OCC)s1. The van der Waals surface area contributed by atoms with Gasteiger partial charge < -0.3 is 9.15 Å². The van der Waals surface area contributed by atoms with Crippen molar-refractivity contribution in [2.75, 3.05) is 18.1 Å². The minimum Gasteiger partial charge on any atom is -0.466 e. The summed E-state index contributed by atoms with van der Waals surface area (Å²) in [6, 6.07) is 1.75. The Kier molecular flexibility index (Phi) is 6.97. The normalized spacial score (nSPS) is 10.8. The van der Waals surface area contributed by atoms with Crippen molar-refractivity contribution in [3.63, 3.8) is 0 Å². The van der Waals surface area contributed by atoms with Crippen LogP contribution >= 0.6 is 11.3 Å². The van der Waals surface area contributed by atoms with E-state index in [1.807, 2.05) is 6.92 Å². The number of ether oxygens (including phenoxy) is 1. The molecule has 0 aliphatic carbocycles. The minimum absolute atomic E-state index is 0.153. The van der Waals surface area contributed by atoms with Gasteiger partial charge in [0.1, 0.15) is 16.4 Å². The third-order valence-electron chi connectivity index (χ3n) is 3.98. The van der Waals surface area contributed by atoms with Crippen LogP contribution in [0.1, 0.15) is 70.4 Å². The third kappa shape index (κ3) is 4.52. The van der Waals surface area contributed by atoms with Gasteiger partial charge in [-0.05, 0) is 40.2 Å². The molecule has 2 heterocycles. The van der Waals surface area contributed by atoms with Crippen molar-refractivity contribution in [1.29, 1.82) is 0 Å². The first-order chi connectivity index (χ1) is 12.4. The number of esters is 1. The number of unbranched alkanes of at least 4 members (excludes halogenated alkanes) is 2. The van der Waals surface area contributed by atoms with Gasteiger partial charge in [-0.15, -0.1) is 0 Å². The van der Waals surface area contributed by atoms with Crippen molar-refractivity contribution in [1.82, 2.24) is 4.98 Å². The highest BCUT2D eigenvalue weighted by atomic mass is 32.1. The molecule has 0 radical (unpaired) electrons. The number of carbonyl (C=O) groups is 2. The standard InChI is InChI=1S/C19H26N2O4S/c1-6-8-9-10-21(17(22)15-11-12(3)25-14(15)5)19-20-13(4)16(26-19)18(23)24-7-2/h11H,6-10H2,1-5H3. The second kappa shape index (κ2) is 8.98. The van der Waals surface area contributed by atoms with Gasteiger partial charge in [-0.3, -0.25) is 9.69 Å². The minimum atomic E-state index is -0.398. The van der Waals surface area contributed by atoms with E-state index in [2.05, 4.69) is 11.9 Å². The molecule has 2 rings (SSSR count). The molecule has 0 aromatic carbocycles. The van der Waals surface area contributed by atoms with E-state index >= 15 is 0 Å². The Labute approximate surface area is 158 Å². The van der Waals surface area contributed by atoms with Crippen LogP contribution in [0.25, 0.3) is 0 Å². The number of furan rings is 1. The number of hydrogen-bond donors (Lipinski definition) is 0. The molecule has 0 bridgehead atoms. The number of anilines is 1. The molecule has 0 aliphatic heterocycles. The van der Waals surface area contributed by atoms with Crippen molar-refractivity contribution >= 4 is 28.3 Å². The lowest BCUT2D eigenvalue weighted by Crippen LogP contribution is -2.32. The summed E-state index contributed by atoms with van der Waals surface area (Å²) in [6.07, 6.45) is 2.94. The van der Waals surface area contributed by atoms with Gasteiger partial charge in [-0.2, -0.15) is 0 Å². The lowest BCUT2D eigenvalue weighted by molar-refractivity contribution is 0.0531. The summed E-state index contributed by atoms with van der Waals surface area (Å²) < 4.78 is 10.6. The molecule has 26 heavy (non-hydrogen) atoms. The number of thiazole rings is 1. The lowest BCUT2D eigenvalue weighted by atomic mass is 10.2. The zero-order chi connectivity index (χ0) is 19.3. The molecule has 142 valence electrons. The number of aryl methyl sites for hydroxylation is 3. The number of aromatic nitrogens is 1. The Morgan fingerprint density at radius 2 is 1.96 bits per heavy atom. The van der Waals surface area contributed by atoms with E-state index in [1.54, 1.807) is 31.7 Å². The molecule has 0 spiro atoms. The van der Waals surface area contributed by atoms with E-state index < -0.39 is 5.97 Å². The van der Waals surface area contributed by atoms with Gasteiger partial charge in [0.15, 0.2) is 5.13 Å². The zero-order valence-corrected chi connectivity index (χ0v) is 16.9. The van der Waals surface area contributed by atoms with Gasteiger partial charge in [0, 0.05) is 6.54 Å². The molecule has 6 nitrogen and oxygen atoms in total. The fourth-order valence-electron chi connectivity index (χ4n) is 2.68. The number of amides is 1. The van der Waals surface area contributed by atoms with E-state index in [9.17, 15) is 9.59 Å². The molecule has 0 saturated heterocycles. The summed E-state index contributed by atoms with van der Waals surface area (Å²) in [4.78, 5) is 31.7. The second-order valence-electron chi connectivity index (χ2n) is 6.12. The topological polar surface area (TPSA) is 72.6 Å². The molecular formula is C19H26N2O4S. The van der Waals surface area contributed by atoms with Gasteiger partial charge in [0.25, 0.3) is 5.91 Å². The predicted octanol–water partition coefficient (Wildman–Crippen LogP) is 4.68. The van der Waals surface area contributed by atoms with E-state index in [0.29, 0.717) is 45.9 Å². The Balaban J connectivity index is 2.35. The first-order valence-electron chi connectivity index (χ1n) is 8.92.